The normalized spacial score (nSPS) is 20.6. The van der Waals surface area contributed by atoms with E-state index in [4.69, 9.17) is 5.11 Å². The first-order valence-corrected chi connectivity index (χ1v) is 5.00. The van der Waals surface area contributed by atoms with Crippen molar-refractivity contribution in [2.75, 3.05) is 18.1 Å². The molecule has 0 saturated carbocycles. The molecule has 0 spiro atoms. The van der Waals surface area contributed by atoms with Crippen LogP contribution in [0.15, 0.2) is 12.4 Å². The fourth-order valence-electron chi connectivity index (χ4n) is 1.83. The van der Waals surface area contributed by atoms with Gasteiger partial charge in [0.05, 0.1) is 18.2 Å². The van der Waals surface area contributed by atoms with Gasteiger partial charge in [-0.1, -0.05) is 0 Å². The largest absolute Gasteiger partial charge is 0.394 e. The zero-order valence-corrected chi connectivity index (χ0v) is 8.33. The van der Waals surface area contributed by atoms with Crippen LogP contribution in [-0.4, -0.2) is 40.6 Å². The average Bonchev–Trinajstić information content (AvgIpc) is 2.77. The van der Waals surface area contributed by atoms with Gasteiger partial charge in [-0.15, -0.1) is 0 Å². The number of hydrogen-bond donors (Lipinski definition) is 1. The molecule has 0 amide bonds. The molecule has 2 rings (SSSR count). The van der Waals surface area contributed by atoms with E-state index in [1.807, 2.05) is 4.90 Å². The van der Waals surface area contributed by atoms with Gasteiger partial charge >= 0.3 is 0 Å². The standard InChI is InChI=1S/C10H13N3O2/c14-6-8-4-11-10(12-5-8)13-3-1-2-9(13)7-15/h4-6,9,15H,1-3,7H2. The number of carbonyl (C=O) groups excluding carboxylic acids is 1. The van der Waals surface area contributed by atoms with Crippen LogP contribution in [0.1, 0.15) is 23.2 Å². The smallest absolute Gasteiger partial charge is 0.225 e. The summed E-state index contributed by atoms with van der Waals surface area (Å²) in [6.45, 7) is 0.991. The van der Waals surface area contributed by atoms with E-state index in [-0.39, 0.29) is 12.6 Å². The number of anilines is 1. The summed E-state index contributed by atoms with van der Waals surface area (Å²) in [5.41, 5.74) is 0.471. The molecular weight excluding hydrogens is 194 g/mol. The first kappa shape index (κ1) is 10.0. The maximum atomic E-state index is 10.4. The van der Waals surface area contributed by atoms with Crippen molar-refractivity contribution in [1.82, 2.24) is 9.97 Å². The van der Waals surface area contributed by atoms with Gasteiger partial charge in [-0.3, -0.25) is 4.79 Å². The number of aliphatic hydroxyl groups excluding tert-OH is 1. The molecular formula is C10H13N3O2. The third-order valence-electron chi connectivity index (χ3n) is 2.64. The van der Waals surface area contributed by atoms with Gasteiger partial charge in [-0.05, 0) is 12.8 Å². The highest BCUT2D eigenvalue weighted by atomic mass is 16.3. The zero-order valence-electron chi connectivity index (χ0n) is 8.33. The molecule has 5 heteroatoms. The molecule has 1 atom stereocenters. The summed E-state index contributed by atoms with van der Waals surface area (Å²) in [5, 5.41) is 9.15. The molecule has 1 saturated heterocycles. The molecule has 0 radical (unpaired) electrons. The zero-order chi connectivity index (χ0) is 10.7. The van der Waals surface area contributed by atoms with Gasteiger partial charge in [0.2, 0.25) is 5.95 Å². The van der Waals surface area contributed by atoms with E-state index in [0.717, 1.165) is 25.7 Å². The Kier molecular flexibility index (Phi) is 2.91. The van der Waals surface area contributed by atoms with Crippen LogP contribution in [0.2, 0.25) is 0 Å². The van der Waals surface area contributed by atoms with Gasteiger partial charge in [0.25, 0.3) is 0 Å². The van der Waals surface area contributed by atoms with Crippen LogP contribution in [0.5, 0.6) is 0 Å². The molecule has 0 aromatic carbocycles. The highest BCUT2D eigenvalue weighted by molar-refractivity contribution is 5.73. The van der Waals surface area contributed by atoms with Gasteiger partial charge in [-0.25, -0.2) is 9.97 Å². The summed E-state index contributed by atoms with van der Waals surface area (Å²) < 4.78 is 0. The van der Waals surface area contributed by atoms with Gasteiger partial charge in [0.1, 0.15) is 0 Å². The molecule has 1 aromatic heterocycles. The molecule has 1 fully saturated rings. The van der Waals surface area contributed by atoms with E-state index in [0.29, 0.717) is 11.5 Å². The SMILES string of the molecule is O=Cc1cnc(N2CCCC2CO)nc1. The average molecular weight is 207 g/mol. The van der Waals surface area contributed by atoms with Crippen molar-refractivity contribution in [3.05, 3.63) is 18.0 Å². The molecule has 1 aliphatic rings. The quantitative estimate of drug-likeness (QED) is 0.720. The molecule has 2 heterocycles. The molecule has 1 aliphatic heterocycles. The van der Waals surface area contributed by atoms with E-state index in [1.54, 1.807) is 0 Å². The lowest BCUT2D eigenvalue weighted by molar-refractivity contribution is 0.112. The Morgan fingerprint density at radius 1 is 1.53 bits per heavy atom. The summed E-state index contributed by atoms with van der Waals surface area (Å²) in [6, 6.07) is 0.118. The van der Waals surface area contributed by atoms with Crippen LogP contribution < -0.4 is 4.90 Å². The van der Waals surface area contributed by atoms with Crippen molar-refractivity contribution in [2.24, 2.45) is 0 Å². The number of aldehydes is 1. The second kappa shape index (κ2) is 4.35. The van der Waals surface area contributed by atoms with Crippen molar-refractivity contribution in [3.63, 3.8) is 0 Å². The van der Waals surface area contributed by atoms with Crippen LogP contribution in [0, 0.1) is 0 Å². The number of aromatic nitrogens is 2. The van der Waals surface area contributed by atoms with E-state index >= 15 is 0 Å². The Morgan fingerprint density at radius 2 is 2.27 bits per heavy atom. The van der Waals surface area contributed by atoms with Crippen molar-refractivity contribution >= 4 is 12.2 Å². The second-order valence-electron chi connectivity index (χ2n) is 3.61. The minimum atomic E-state index is 0.118. The fraction of sp³-hybridized carbons (Fsp3) is 0.500. The molecule has 1 N–H and O–H groups in total. The predicted molar refractivity (Wildman–Crippen MR) is 54.9 cm³/mol. The van der Waals surface area contributed by atoms with Crippen molar-refractivity contribution in [1.29, 1.82) is 0 Å². The first-order valence-electron chi connectivity index (χ1n) is 5.00. The minimum absolute atomic E-state index is 0.118. The van der Waals surface area contributed by atoms with Gasteiger partial charge in [-0.2, -0.15) is 0 Å². The summed E-state index contributed by atoms with van der Waals surface area (Å²) >= 11 is 0. The van der Waals surface area contributed by atoms with Gasteiger partial charge in [0, 0.05) is 18.9 Å². The lowest BCUT2D eigenvalue weighted by Gasteiger charge is -2.22. The molecule has 0 aliphatic carbocycles. The van der Waals surface area contributed by atoms with E-state index in [9.17, 15) is 4.79 Å². The third kappa shape index (κ3) is 1.97. The maximum absolute atomic E-state index is 10.4. The van der Waals surface area contributed by atoms with Crippen LogP contribution in [0.4, 0.5) is 5.95 Å². The van der Waals surface area contributed by atoms with Gasteiger partial charge < -0.3 is 10.0 Å². The number of hydrogen-bond acceptors (Lipinski definition) is 5. The van der Waals surface area contributed by atoms with E-state index in [2.05, 4.69) is 9.97 Å². The predicted octanol–water partition coefficient (Wildman–Crippen LogP) is 0.250. The lowest BCUT2D eigenvalue weighted by Crippen LogP contribution is -2.33. The molecule has 1 aromatic rings. The third-order valence-corrected chi connectivity index (χ3v) is 2.64. The van der Waals surface area contributed by atoms with Crippen molar-refractivity contribution in [2.45, 2.75) is 18.9 Å². The molecule has 15 heavy (non-hydrogen) atoms. The fourth-order valence-corrected chi connectivity index (χ4v) is 1.83. The molecule has 5 nitrogen and oxygen atoms in total. The molecule has 80 valence electrons. The number of aliphatic hydroxyl groups is 1. The highest BCUT2D eigenvalue weighted by Gasteiger charge is 2.25. The number of nitrogens with zero attached hydrogens (tertiary/aromatic N) is 3. The lowest BCUT2D eigenvalue weighted by atomic mass is 10.2. The second-order valence-corrected chi connectivity index (χ2v) is 3.61. The summed E-state index contributed by atoms with van der Waals surface area (Å²) in [5.74, 6) is 0.595. The first-order chi connectivity index (χ1) is 7.35. The van der Waals surface area contributed by atoms with Crippen molar-refractivity contribution in [3.8, 4) is 0 Å². The van der Waals surface area contributed by atoms with Crippen LogP contribution >= 0.6 is 0 Å². The monoisotopic (exact) mass is 207 g/mol. The minimum Gasteiger partial charge on any atom is -0.394 e. The molecule has 1 unspecified atom stereocenters. The topological polar surface area (TPSA) is 66.3 Å². The highest BCUT2D eigenvalue weighted by Crippen LogP contribution is 2.21. The summed E-state index contributed by atoms with van der Waals surface area (Å²) in [7, 11) is 0. The summed E-state index contributed by atoms with van der Waals surface area (Å²) in [4.78, 5) is 20.6. The van der Waals surface area contributed by atoms with Crippen molar-refractivity contribution < 1.29 is 9.90 Å². The van der Waals surface area contributed by atoms with Gasteiger partial charge in [0.15, 0.2) is 6.29 Å². The van der Waals surface area contributed by atoms with Crippen LogP contribution in [0.3, 0.4) is 0 Å². The number of rotatable bonds is 3. The maximum Gasteiger partial charge on any atom is 0.225 e. The Balaban J connectivity index is 2.17. The van der Waals surface area contributed by atoms with Crippen LogP contribution in [-0.2, 0) is 0 Å². The Labute approximate surface area is 87.8 Å². The Bertz CT molecular complexity index is 339. The van der Waals surface area contributed by atoms with E-state index < -0.39 is 0 Å². The Morgan fingerprint density at radius 3 is 2.87 bits per heavy atom. The number of carbonyl (C=O) groups is 1. The summed E-state index contributed by atoms with van der Waals surface area (Å²) in [6.07, 6.45) is 5.74. The molecule has 0 bridgehead atoms. The Hall–Kier alpha value is -1.49. The van der Waals surface area contributed by atoms with E-state index in [1.165, 1.54) is 12.4 Å². The van der Waals surface area contributed by atoms with Crippen LogP contribution in [0.25, 0.3) is 0 Å².